The number of methoxy groups -OCH3 is 2. The minimum absolute atomic E-state index is 0.665. The molecule has 0 saturated carbocycles. The van der Waals surface area contributed by atoms with Gasteiger partial charge in [-0.15, -0.1) is 0 Å². The molecule has 1 fully saturated rings. The van der Waals surface area contributed by atoms with Crippen LogP contribution in [0.25, 0.3) is 0 Å². The molecule has 0 bridgehead atoms. The van der Waals surface area contributed by atoms with E-state index in [9.17, 15) is 0 Å². The number of hydrogen-bond donors (Lipinski definition) is 1. The highest BCUT2D eigenvalue weighted by molar-refractivity contribution is 5.53. The van der Waals surface area contributed by atoms with E-state index in [0.717, 1.165) is 24.5 Å². The fourth-order valence-corrected chi connectivity index (χ4v) is 3.35. The Bertz CT molecular complexity index is 430. The van der Waals surface area contributed by atoms with Crippen LogP contribution in [-0.2, 0) is 6.42 Å². The third-order valence-electron chi connectivity index (χ3n) is 4.14. The second-order valence-electron chi connectivity index (χ2n) is 4.86. The zero-order chi connectivity index (χ0) is 11.8. The molecule has 0 amide bonds. The number of hydrogen-bond acceptors (Lipinski definition) is 3. The van der Waals surface area contributed by atoms with Gasteiger partial charge in [-0.05, 0) is 37.4 Å². The summed E-state index contributed by atoms with van der Waals surface area (Å²) in [5.41, 5.74) is 2.82. The Morgan fingerprint density at radius 2 is 2.06 bits per heavy atom. The van der Waals surface area contributed by atoms with Crippen molar-refractivity contribution < 1.29 is 9.47 Å². The summed E-state index contributed by atoms with van der Waals surface area (Å²) in [5, 5.41) is 3.59. The van der Waals surface area contributed by atoms with Gasteiger partial charge in [-0.1, -0.05) is 6.07 Å². The van der Waals surface area contributed by atoms with E-state index < -0.39 is 0 Å². The van der Waals surface area contributed by atoms with Crippen LogP contribution in [0.3, 0.4) is 0 Å². The Hall–Kier alpha value is -1.22. The standard InChI is InChI=1S/C14H19NO2/c1-16-13-6-4-9-10-7-8-15-12(10)5-3-11(9)14(13)17-2/h4,6,10,12,15H,3,5,7-8H2,1-2H3/t10-,12-/m1/s1. The van der Waals surface area contributed by atoms with Gasteiger partial charge < -0.3 is 14.8 Å². The molecule has 2 atom stereocenters. The van der Waals surface area contributed by atoms with E-state index in [1.54, 1.807) is 14.2 Å². The molecule has 92 valence electrons. The smallest absolute Gasteiger partial charge is 0.164 e. The van der Waals surface area contributed by atoms with Gasteiger partial charge in [-0.25, -0.2) is 0 Å². The third kappa shape index (κ3) is 1.61. The predicted octanol–water partition coefficient (Wildman–Crippen LogP) is 2.10. The third-order valence-corrected chi connectivity index (χ3v) is 4.14. The first kappa shape index (κ1) is 10.9. The highest BCUT2D eigenvalue weighted by atomic mass is 16.5. The summed E-state index contributed by atoms with van der Waals surface area (Å²) < 4.78 is 10.9. The molecule has 0 aromatic heterocycles. The quantitative estimate of drug-likeness (QED) is 0.848. The van der Waals surface area contributed by atoms with Crippen molar-refractivity contribution >= 4 is 0 Å². The van der Waals surface area contributed by atoms with Crippen LogP contribution in [0.4, 0.5) is 0 Å². The molecule has 0 spiro atoms. The number of benzene rings is 1. The summed E-state index contributed by atoms with van der Waals surface area (Å²) in [6.45, 7) is 1.14. The van der Waals surface area contributed by atoms with Crippen LogP contribution < -0.4 is 14.8 Å². The molecule has 0 unspecified atom stereocenters. The molecule has 3 rings (SSSR count). The summed E-state index contributed by atoms with van der Waals surface area (Å²) in [4.78, 5) is 0. The van der Waals surface area contributed by atoms with Crippen molar-refractivity contribution in [2.45, 2.75) is 31.2 Å². The molecule has 1 aromatic rings. The fraction of sp³-hybridized carbons (Fsp3) is 0.571. The number of ether oxygens (including phenoxy) is 2. The maximum Gasteiger partial charge on any atom is 0.164 e. The lowest BCUT2D eigenvalue weighted by molar-refractivity contribution is 0.346. The summed E-state index contributed by atoms with van der Waals surface area (Å²) in [5.74, 6) is 2.46. The number of fused-ring (bicyclic) bond motifs is 3. The van der Waals surface area contributed by atoms with E-state index in [1.807, 2.05) is 6.07 Å². The van der Waals surface area contributed by atoms with E-state index in [1.165, 1.54) is 24.0 Å². The number of rotatable bonds is 2. The van der Waals surface area contributed by atoms with Gasteiger partial charge in [-0.3, -0.25) is 0 Å². The maximum absolute atomic E-state index is 5.54. The Kier molecular flexibility index (Phi) is 2.71. The molecular weight excluding hydrogens is 214 g/mol. The van der Waals surface area contributed by atoms with Crippen LogP contribution in [0.1, 0.15) is 29.9 Å². The van der Waals surface area contributed by atoms with Gasteiger partial charge >= 0.3 is 0 Å². The lowest BCUT2D eigenvalue weighted by Gasteiger charge is -2.29. The molecule has 3 nitrogen and oxygen atoms in total. The number of nitrogens with one attached hydrogen (secondary N) is 1. The topological polar surface area (TPSA) is 30.5 Å². The lowest BCUT2D eigenvalue weighted by Crippen LogP contribution is -2.30. The Labute approximate surface area is 102 Å². The Morgan fingerprint density at radius 1 is 1.18 bits per heavy atom. The first-order chi connectivity index (χ1) is 8.35. The van der Waals surface area contributed by atoms with E-state index >= 15 is 0 Å². The van der Waals surface area contributed by atoms with Crippen LogP contribution in [0.5, 0.6) is 11.5 Å². The highest BCUT2D eigenvalue weighted by Crippen LogP contribution is 2.44. The minimum Gasteiger partial charge on any atom is -0.493 e. The molecule has 1 N–H and O–H groups in total. The van der Waals surface area contributed by atoms with Crippen molar-refractivity contribution in [3.8, 4) is 11.5 Å². The van der Waals surface area contributed by atoms with E-state index in [0.29, 0.717) is 12.0 Å². The largest absolute Gasteiger partial charge is 0.493 e. The van der Waals surface area contributed by atoms with E-state index in [-0.39, 0.29) is 0 Å². The molecule has 3 heteroatoms. The van der Waals surface area contributed by atoms with E-state index in [4.69, 9.17) is 9.47 Å². The van der Waals surface area contributed by atoms with Crippen LogP contribution in [-0.4, -0.2) is 26.8 Å². The second kappa shape index (κ2) is 4.22. The summed E-state index contributed by atoms with van der Waals surface area (Å²) >= 11 is 0. The Morgan fingerprint density at radius 3 is 2.82 bits per heavy atom. The van der Waals surface area contributed by atoms with Gasteiger partial charge in [0.15, 0.2) is 11.5 Å². The van der Waals surface area contributed by atoms with Crippen molar-refractivity contribution in [1.82, 2.24) is 5.32 Å². The maximum atomic E-state index is 5.54. The van der Waals surface area contributed by atoms with Gasteiger partial charge in [0.2, 0.25) is 0 Å². The molecule has 2 aliphatic rings. The normalized spacial score (nSPS) is 26.2. The van der Waals surface area contributed by atoms with Crippen molar-refractivity contribution in [2.75, 3.05) is 20.8 Å². The molecule has 1 aromatic carbocycles. The zero-order valence-corrected chi connectivity index (χ0v) is 10.5. The average Bonchev–Trinajstić information content (AvgIpc) is 2.85. The molecule has 0 radical (unpaired) electrons. The summed E-state index contributed by atoms with van der Waals surface area (Å²) in [7, 11) is 3.43. The van der Waals surface area contributed by atoms with Crippen LogP contribution in [0, 0.1) is 0 Å². The molecule has 1 aliphatic carbocycles. The summed E-state index contributed by atoms with van der Waals surface area (Å²) in [6, 6.07) is 4.93. The molecule has 1 aliphatic heterocycles. The second-order valence-corrected chi connectivity index (χ2v) is 4.86. The molecule has 1 saturated heterocycles. The van der Waals surface area contributed by atoms with Crippen molar-refractivity contribution in [2.24, 2.45) is 0 Å². The lowest BCUT2D eigenvalue weighted by atomic mass is 9.79. The molecular formula is C14H19NO2. The predicted molar refractivity (Wildman–Crippen MR) is 67.0 cm³/mol. The first-order valence-corrected chi connectivity index (χ1v) is 6.32. The SMILES string of the molecule is COc1ccc2c(c1OC)CC[C@H]1NCC[C@H]21. The van der Waals surface area contributed by atoms with Gasteiger partial charge in [0.1, 0.15) is 0 Å². The Balaban J connectivity index is 2.09. The van der Waals surface area contributed by atoms with Crippen molar-refractivity contribution in [3.63, 3.8) is 0 Å². The van der Waals surface area contributed by atoms with Gasteiger partial charge in [0, 0.05) is 17.5 Å². The molecule has 1 heterocycles. The fourth-order valence-electron chi connectivity index (χ4n) is 3.35. The molecule has 17 heavy (non-hydrogen) atoms. The highest BCUT2D eigenvalue weighted by Gasteiger charge is 2.34. The zero-order valence-electron chi connectivity index (χ0n) is 10.5. The van der Waals surface area contributed by atoms with Crippen molar-refractivity contribution in [3.05, 3.63) is 23.3 Å². The first-order valence-electron chi connectivity index (χ1n) is 6.32. The monoisotopic (exact) mass is 233 g/mol. The van der Waals surface area contributed by atoms with Crippen LogP contribution >= 0.6 is 0 Å². The van der Waals surface area contributed by atoms with Gasteiger partial charge in [0.05, 0.1) is 14.2 Å². The van der Waals surface area contributed by atoms with Gasteiger partial charge in [-0.2, -0.15) is 0 Å². The summed E-state index contributed by atoms with van der Waals surface area (Å²) in [6.07, 6.45) is 3.54. The average molecular weight is 233 g/mol. The van der Waals surface area contributed by atoms with Gasteiger partial charge in [0.25, 0.3) is 0 Å². The van der Waals surface area contributed by atoms with Crippen molar-refractivity contribution in [1.29, 1.82) is 0 Å². The van der Waals surface area contributed by atoms with Crippen LogP contribution in [0.2, 0.25) is 0 Å². The minimum atomic E-state index is 0.665. The van der Waals surface area contributed by atoms with E-state index in [2.05, 4.69) is 11.4 Å². The van der Waals surface area contributed by atoms with Crippen LogP contribution in [0.15, 0.2) is 12.1 Å².